The Morgan fingerprint density at radius 1 is 1.24 bits per heavy atom. The highest BCUT2D eigenvalue weighted by atomic mass is 35.5. The summed E-state index contributed by atoms with van der Waals surface area (Å²) < 4.78 is 42.8. The number of fused-ring (bicyclic) bond motifs is 1. The van der Waals surface area contributed by atoms with Gasteiger partial charge in [0.1, 0.15) is 5.52 Å². The highest BCUT2D eigenvalue weighted by Gasteiger charge is 2.50. The van der Waals surface area contributed by atoms with E-state index < -0.39 is 23.3 Å². The van der Waals surface area contributed by atoms with E-state index in [2.05, 4.69) is 15.4 Å². The van der Waals surface area contributed by atoms with Crippen molar-refractivity contribution in [2.45, 2.75) is 49.9 Å². The molecule has 3 aromatic rings. The molecule has 0 spiro atoms. The molecule has 2 aliphatic heterocycles. The lowest BCUT2D eigenvalue weighted by atomic mass is 9.69. The van der Waals surface area contributed by atoms with Crippen LogP contribution in [0.25, 0.3) is 11.2 Å². The Morgan fingerprint density at radius 3 is 2.62 bits per heavy atom. The maximum atomic E-state index is 13.8. The minimum Gasteiger partial charge on any atom is -0.315 e. The summed E-state index contributed by atoms with van der Waals surface area (Å²) in [6, 6.07) is 3.97. The largest absolute Gasteiger partial charge is 0.437 e. The molecule has 34 heavy (non-hydrogen) atoms. The number of halogens is 5. The lowest BCUT2D eigenvalue weighted by Crippen LogP contribution is -2.67. The van der Waals surface area contributed by atoms with Crippen LogP contribution in [0.2, 0.25) is 10.0 Å². The molecule has 2 aromatic heterocycles. The molecule has 0 saturated carbocycles. The van der Waals surface area contributed by atoms with Crippen molar-refractivity contribution in [3.05, 3.63) is 51.4 Å². The molecule has 2 saturated heterocycles. The highest BCUT2D eigenvalue weighted by Crippen LogP contribution is 2.40. The van der Waals surface area contributed by atoms with Gasteiger partial charge in [-0.05, 0) is 37.5 Å². The number of hydrogen-bond donors (Lipinski definition) is 2. The predicted octanol–water partition coefficient (Wildman–Crippen LogP) is 4.85. The van der Waals surface area contributed by atoms with Crippen LogP contribution in [0.1, 0.15) is 49.2 Å². The van der Waals surface area contributed by atoms with E-state index in [9.17, 15) is 18.4 Å². The summed E-state index contributed by atoms with van der Waals surface area (Å²) in [7, 11) is 0. The molecular weight excluding hydrogens is 492 g/mol. The van der Waals surface area contributed by atoms with Crippen LogP contribution in [0.5, 0.6) is 0 Å². The van der Waals surface area contributed by atoms with Gasteiger partial charge in [0.2, 0.25) is 0 Å². The SMILES string of the molecule is C[C@H](c1ccc(Cl)cc1Cl)n1nc(C(F)(F)F)c2ncc(C3(C4CCCCN4O)CNC3)nc21. The van der Waals surface area contributed by atoms with Gasteiger partial charge < -0.3 is 10.5 Å². The van der Waals surface area contributed by atoms with Gasteiger partial charge in [-0.15, -0.1) is 0 Å². The summed E-state index contributed by atoms with van der Waals surface area (Å²) in [5, 5.41) is 19.8. The van der Waals surface area contributed by atoms with Crippen molar-refractivity contribution >= 4 is 34.4 Å². The van der Waals surface area contributed by atoms with Gasteiger partial charge in [-0.1, -0.05) is 35.7 Å². The number of alkyl halides is 3. The number of nitrogens with zero attached hydrogens (tertiary/aromatic N) is 5. The Morgan fingerprint density at radius 2 is 2.00 bits per heavy atom. The molecule has 0 amide bonds. The Hall–Kier alpha value is -1.98. The zero-order valence-corrected chi connectivity index (χ0v) is 19.8. The maximum absolute atomic E-state index is 13.8. The van der Waals surface area contributed by atoms with Gasteiger partial charge in [0.25, 0.3) is 0 Å². The van der Waals surface area contributed by atoms with Crippen LogP contribution < -0.4 is 5.32 Å². The number of aromatic nitrogens is 4. The third-order valence-electron chi connectivity index (χ3n) is 6.95. The van der Waals surface area contributed by atoms with Crippen molar-refractivity contribution in [2.75, 3.05) is 19.6 Å². The fraction of sp³-hybridized carbons (Fsp3) is 0.500. The zero-order valence-electron chi connectivity index (χ0n) is 18.3. The maximum Gasteiger partial charge on any atom is 0.437 e. The number of hydroxylamine groups is 2. The monoisotopic (exact) mass is 514 g/mol. The van der Waals surface area contributed by atoms with Gasteiger partial charge in [0, 0.05) is 35.7 Å². The molecule has 4 heterocycles. The lowest BCUT2D eigenvalue weighted by Gasteiger charge is -2.51. The van der Waals surface area contributed by atoms with E-state index in [0.717, 1.165) is 19.3 Å². The Balaban J connectivity index is 1.66. The highest BCUT2D eigenvalue weighted by molar-refractivity contribution is 6.35. The fourth-order valence-electron chi connectivity index (χ4n) is 5.04. The third kappa shape index (κ3) is 3.85. The molecule has 5 rings (SSSR count). The van der Waals surface area contributed by atoms with E-state index in [1.54, 1.807) is 19.1 Å². The second kappa shape index (κ2) is 8.60. The summed E-state index contributed by atoms with van der Waals surface area (Å²) in [4.78, 5) is 8.90. The summed E-state index contributed by atoms with van der Waals surface area (Å²) in [6.45, 7) is 3.35. The summed E-state index contributed by atoms with van der Waals surface area (Å²) >= 11 is 12.3. The Labute approximate surface area is 203 Å². The van der Waals surface area contributed by atoms with Crippen molar-refractivity contribution in [3.63, 3.8) is 0 Å². The topological polar surface area (TPSA) is 79.1 Å². The molecule has 1 aromatic carbocycles. The van der Waals surface area contributed by atoms with Crippen LogP contribution in [0.15, 0.2) is 24.4 Å². The number of benzene rings is 1. The van der Waals surface area contributed by atoms with E-state index in [4.69, 9.17) is 28.2 Å². The molecule has 0 radical (unpaired) electrons. The average molecular weight is 515 g/mol. The standard InChI is InChI=1S/C22H23Cl2F3N6O/c1-12(14-6-5-13(23)8-15(14)24)33-20-18(19(31-33)22(25,26)27)29-9-16(30-20)21(10-28-11-21)17-4-2-3-7-32(17)34/h5-6,8-9,12,17,28,34H,2-4,7,10-11H2,1H3/t12-,17?/m1/s1. The van der Waals surface area contributed by atoms with E-state index in [-0.39, 0.29) is 17.2 Å². The second-order valence-corrected chi connectivity index (χ2v) is 9.84. The molecule has 12 heteroatoms. The van der Waals surface area contributed by atoms with Gasteiger partial charge in [0.05, 0.1) is 23.3 Å². The predicted molar refractivity (Wildman–Crippen MR) is 121 cm³/mol. The van der Waals surface area contributed by atoms with Crippen LogP contribution in [-0.2, 0) is 11.6 Å². The van der Waals surface area contributed by atoms with Crippen LogP contribution >= 0.6 is 23.2 Å². The molecule has 2 N–H and O–H groups in total. The summed E-state index contributed by atoms with van der Waals surface area (Å²) in [5.74, 6) is 0. The molecule has 7 nitrogen and oxygen atoms in total. The number of piperidine rings is 1. The van der Waals surface area contributed by atoms with Crippen LogP contribution in [-0.4, -0.2) is 55.7 Å². The molecular formula is C22H23Cl2F3N6O. The van der Waals surface area contributed by atoms with Gasteiger partial charge in [-0.25, -0.2) is 14.6 Å². The molecule has 0 bridgehead atoms. The normalized spacial score (nSPS) is 22.0. The lowest BCUT2D eigenvalue weighted by molar-refractivity contribution is -0.169. The van der Waals surface area contributed by atoms with E-state index >= 15 is 0 Å². The van der Waals surface area contributed by atoms with Crippen molar-refractivity contribution < 1.29 is 18.4 Å². The fourth-order valence-corrected chi connectivity index (χ4v) is 5.61. The van der Waals surface area contributed by atoms with Crippen molar-refractivity contribution in [3.8, 4) is 0 Å². The molecule has 2 atom stereocenters. The smallest absolute Gasteiger partial charge is 0.315 e. The number of rotatable bonds is 4. The molecule has 182 valence electrons. The van der Waals surface area contributed by atoms with E-state index in [1.807, 2.05) is 0 Å². The van der Waals surface area contributed by atoms with Crippen molar-refractivity contribution in [1.82, 2.24) is 30.1 Å². The summed E-state index contributed by atoms with van der Waals surface area (Å²) in [6.07, 6.45) is -0.692. The van der Waals surface area contributed by atoms with Gasteiger partial charge in [-0.2, -0.15) is 23.3 Å². The Kier molecular flexibility index (Phi) is 6.01. The number of nitrogens with one attached hydrogen (secondary N) is 1. The Bertz CT molecular complexity index is 1230. The molecule has 0 aliphatic carbocycles. The van der Waals surface area contributed by atoms with Crippen molar-refractivity contribution in [2.24, 2.45) is 0 Å². The van der Waals surface area contributed by atoms with Crippen molar-refractivity contribution in [1.29, 1.82) is 0 Å². The second-order valence-electron chi connectivity index (χ2n) is 8.99. The van der Waals surface area contributed by atoms with Crippen LogP contribution in [0.4, 0.5) is 13.2 Å². The number of hydrogen-bond acceptors (Lipinski definition) is 6. The first-order valence-electron chi connectivity index (χ1n) is 11.1. The average Bonchev–Trinajstić information content (AvgIpc) is 3.13. The van der Waals surface area contributed by atoms with Gasteiger partial charge in [-0.3, -0.25) is 0 Å². The minimum atomic E-state index is -4.70. The van der Waals surface area contributed by atoms with E-state index in [0.29, 0.717) is 40.9 Å². The van der Waals surface area contributed by atoms with Gasteiger partial charge in [0.15, 0.2) is 11.3 Å². The van der Waals surface area contributed by atoms with Crippen LogP contribution in [0, 0.1) is 0 Å². The first-order chi connectivity index (χ1) is 16.1. The van der Waals surface area contributed by atoms with E-state index in [1.165, 1.54) is 22.0 Å². The first-order valence-corrected chi connectivity index (χ1v) is 11.8. The summed E-state index contributed by atoms with van der Waals surface area (Å²) in [5.41, 5.74) is -0.847. The molecule has 1 unspecified atom stereocenters. The zero-order chi connectivity index (χ0) is 24.3. The van der Waals surface area contributed by atoms with Gasteiger partial charge >= 0.3 is 6.18 Å². The molecule has 2 aliphatic rings. The molecule has 2 fully saturated rings. The third-order valence-corrected chi connectivity index (χ3v) is 7.52. The minimum absolute atomic E-state index is 0.0231. The van der Waals surface area contributed by atoms with Crippen LogP contribution in [0.3, 0.4) is 0 Å². The quantitative estimate of drug-likeness (QED) is 0.518. The first kappa shape index (κ1) is 23.7.